The molecule has 29 heavy (non-hydrogen) atoms. The quantitative estimate of drug-likeness (QED) is 0.310. The van der Waals surface area contributed by atoms with Crippen molar-refractivity contribution in [1.82, 2.24) is 0 Å². The number of hydrogen-bond acceptors (Lipinski definition) is 4. The first-order valence-electron chi connectivity index (χ1n) is 10.5. The Morgan fingerprint density at radius 1 is 0.828 bits per heavy atom. The van der Waals surface area contributed by atoms with Gasteiger partial charge >= 0.3 is 0 Å². The van der Waals surface area contributed by atoms with Crippen molar-refractivity contribution in [3.05, 3.63) is 23.2 Å². The van der Waals surface area contributed by atoms with Gasteiger partial charge in [-0.1, -0.05) is 0 Å². The summed E-state index contributed by atoms with van der Waals surface area (Å²) in [5, 5.41) is 9.66. The minimum atomic E-state index is -0.263. The van der Waals surface area contributed by atoms with E-state index >= 15 is 0 Å². The average Bonchev–Trinajstić information content (AvgIpc) is 2.74. The Kier molecular flexibility index (Phi) is 14.2. The van der Waals surface area contributed by atoms with Gasteiger partial charge in [-0.05, 0) is 50.2 Å². The van der Waals surface area contributed by atoms with E-state index in [4.69, 9.17) is 33.5 Å². The molecule has 0 spiro atoms. The highest BCUT2D eigenvalue weighted by Gasteiger charge is 2.27. The number of unbranched alkanes of at least 4 members (excludes halogenated alkanes) is 6. The van der Waals surface area contributed by atoms with E-state index in [0.717, 1.165) is 63.4 Å². The van der Waals surface area contributed by atoms with E-state index in [0.29, 0.717) is 37.8 Å². The molecule has 0 saturated carbocycles. The molecule has 0 fully saturated rings. The topological polar surface area (TPSA) is 47.9 Å². The van der Waals surface area contributed by atoms with E-state index in [2.05, 4.69) is 17.8 Å². The Hall–Kier alpha value is -2.32. The predicted octanol–water partition coefficient (Wildman–Crippen LogP) is 4.35. The van der Waals surface area contributed by atoms with Crippen LogP contribution in [-0.4, -0.2) is 37.6 Å². The van der Waals surface area contributed by atoms with Gasteiger partial charge in [0.25, 0.3) is 0 Å². The highest BCUT2D eigenvalue weighted by atomic mass is 16.6. The number of allylic oxidation sites excluding steroid dienone is 1. The number of rotatable bonds is 16. The standard InChI is InChI=1S/C25H34O4/c1-4-7-10-13-16-27-23-19-22(21-26)20-24(28-17-14-11-8-5-2)25(23)29-18-15-12-9-6-3/h1-3,19,24,26H,7-18,20-21H2. The minimum Gasteiger partial charge on any atom is -0.491 e. The van der Waals surface area contributed by atoms with Crippen LogP contribution < -0.4 is 0 Å². The molecule has 158 valence electrons. The predicted molar refractivity (Wildman–Crippen MR) is 117 cm³/mol. The van der Waals surface area contributed by atoms with Crippen molar-refractivity contribution in [2.75, 3.05) is 26.4 Å². The third kappa shape index (κ3) is 10.7. The zero-order chi connectivity index (χ0) is 21.2. The monoisotopic (exact) mass is 398 g/mol. The summed E-state index contributed by atoms with van der Waals surface area (Å²) in [6.45, 7) is 1.66. The average molecular weight is 399 g/mol. The summed E-state index contributed by atoms with van der Waals surface area (Å²) in [7, 11) is 0. The molecule has 0 bridgehead atoms. The first-order chi connectivity index (χ1) is 14.3. The minimum absolute atomic E-state index is 0.0314. The first-order valence-corrected chi connectivity index (χ1v) is 10.5. The van der Waals surface area contributed by atoms with E-state index in [1.807, 2.05) is 6.08 Å². The lowest BCUT2D eigenvalue weighted by Gasteiger charge is -2.28. The molecule has 0 radical (unpaired) electrons. The molecule has 4 heteroatoms. The SMILES string of the molecule is C#CCCCCOC1=C(OCCCCC#C)C(OCCCCC#C)CC(CO)=C1. The lowest BCUT2D eigenvalue weighted by atomic mass is 10.00. The normalized spacial score (nSPS) is 15.8. The van der Waals surface area contributed by atoms with Crippen LogP contribution in [0.2, 0.25) is 0 Å². The molecule has 1 atom stereocenters. The van der Waals surface area contributed by atoms with Crippen molar-refractivity contribution in [3.63, 3.8) is 0 Å². The molecule has 4 nitrogen and oxygen atoms in total. The Morgan fingerprint density at radius 3 is 1.93 bits per heavy atom. The van der Waals surface area contributed by atoms with E-state index in [9.17, 15) is 5.11 Å². The van der Waals surface area contributed by atoms with E-state index in [1.54, 1.807) is 0 Å². The molecule has 0 heterocycles. The van der Waals surface area contributed by atoms with Crippen LogP contribution in [0.4, 0.5) is 0 Å². The molecule has 0 saturated heterocycles. The van der Waals surface area contributed by atoms with Crippen molar-refractivity contribution in [2.24, 2.45) is 0 Å². The van der Waals surface area contributed by atoms with E-state index in [-0.39, 0.29) is 12.7 Å². The summed E-state index contributed by atoms with van der Waals surface area (Å²) in [4.78, 5) is 0. The van der Waals surface area contributed by atoms with Crippen molar-refractivity contribution in [1.29, 1.82) is 0 Å². The van der Waals surface area contributed by atoms with Gasteiger partial charge in [0.05, 0.1) is 19.8 Å². The zero-order valence-corrected chi connectivity index (χ0v) is 17.5. The molecule has 1 aliphatic carbocycles. The Bertz CT molecular complexity index is 639. The second kappa shape index (κ2) is 16.6. The van der Waals surface area contributed by atoms with Gasteiger partial charge in [0.1, 0.15) is 6.10 Å². The van der Waals surface area contributed by atoms with Crippen LogP contribution in [0.1, 0.15) is 64.2 Å². The molecule has 0 aliphatic heterocycles. The van der Waals surface area contributed by atoms with Gasteiger partial charge in [0.2, 0.25) is 0 Å². The van der Waals surface area contributed by atoms with Crippen molar-refractivity contribution in [2.45, 2.75) is 70.3 Å². The maximum atomic E-state index is 9.66. The third-order valence-electron chi connectivity index (χ3n) is 4.50. The second-order valence-electron chi connectivity index (χ2n) is 6.93. The van der Waals surface area contributed by atoms with Crippen LogP contribution in [0, 0.1) is 37.0 Å². The smallest absolute Gasteiger partial charge is 0.167 e. The van der Waals surface area contributed by atoms with Crippen LogP contribution >= 0.6 is 0 Å². The lowest BCUT2D eigenvalue weighted by molar-refractivity contribution is 0.0135. The molecule has 1 aliphatic rings. The molecular formula is C25H34O4. The summed E-state index contributed by atoms with van der Waals surface area (Å²) in [6.07, 6.45) is 25.7. The third-order valence-corrected chi connectivity index (χ3v) is 4.50. The maximum absolute atomic E-state index is 9.66. The van der Waals surface area contributed by atoms with Crippen LogP contribution in [0.5, 0.6) is 0 Å². The fraction of sp³-hybridized carbons (Fsp3) is 0.600. The molecule has 1 unspecified atom stereocenters. The summed E-state index contributed by atoms with van der Waals surface area (Å²) in [5.41, 5.74) is 0.872. The number of aliphatic hydroxyl groups is 1. The van der Waals surface area contributed by atoms with Gasteiger partial charge in [-0.25, -0.2) is 0 Å². The first kappa shape index (κ1) is 24.7. The zero-order valence-electron chi connectivity index (χ0n) is 17.5. The molecule has 0 aromatic heterocycles. The molecule has 0 amide bonds. The Morgan fingerprint density at radius 2 is 1.38 bits per heavy atom. The fourth-order valence-corrected chi connectivity index (χ4v) is 2.90. The fourth-order valence-electron chi connectivity index (χ4n) is 2.90. The van der Waals surface area contributed by atoms with Gasteiger partial charge in [0.15, 0.2) is 11.5 Å². The van der Waals surface area contributed by atoms with Gasteiger partial charge in [0, 0.05) is 32.3 Å². The Labute approximate surface area is 176 Å². The van der Waals surface area contributed by atoms with E-state index in [1.165, 1.54) is 0 Å². The van der Waals surface area contributed by atoms with E-state index < -0.39 is 0 Å². The summed E-state index contributed by atoms with van der Waals surface area (Å²) < 4.78 is 18.1. The van der Waals surface area contributed by atoms with Crippen molar-refractivity contribution in [3.8, 4) is 37.0 Å². The summed E-state index contributed by atoms with van der Waals surface area (Å²) >= 11 is 0. The molecule has 1 N–H and O–H groups in total. The van der Waals surface area contributed by atoms with Crippen LogP contribution in [0.25, 0.3) is 0 Å². The van der Waals surface area contributed by atoms with Crippen LogP contribution in [-0.2, 0) is 14.2 Å². The van der Waals surface area contributed by atoms with Gasteiger partial charge in [-0.2, -0.15) is 0 Å². The number of ether oxygens (including phenoxy) is 3. The molecule has 1 rings (SSSR count). The highest BCUT2D eigenvalue weighted by Crippen LogP contribution is 2.29. The largest absolute Gasteiger partial charge is 0.491 e. The molecular weight excluding hydrogens is 364 g/mol. The molecule has 0 aromatic carbocycles. The highest BCUT2D eigenvalue weighted by molar-refractivity contribution is 5.30. The lowest BCUT2D eigenvalue weighted by Crippen LogP contribution is -2.26. The summed E-state index contributed by atoms with van der Waals surface area (Å²) in [6, 6.07) is 0. The number of terminal acetylenes is 3. The van der Waals surface area contributed by atoms with Gasteiger partial charge < -0.3 is 19.3 Å². The maximum Gasteiger partial charge on any atom is 0.167 e. The van der Waals surface area contributed by atoms with Crippen molar-refractivity contribution < 1.29 is 19.3 Å². The number of hydrogen-bond donors (Lipinski definition) is 1. The van der Waals surface area contributed by atoms with Crippen molar-refractivity contribution >= 4 is 0 Å². The van der Waals surface area contributed by atoms with Crippen LogP contribution in [0.15, 0.2) is 23.2 Å². The van der Waals surface area contributed by atoms with Gasteiger partial charge in [-0.15, -0.1) is 37.0 Å². The van der Waals surface area contributed by atoms with Crippen LogP contribution in [0.3, 0.4) is 0 Å². The summed E-state index contributed by atoms with van der Waals surface area (Å²) in [5.74, 6) is 9.27. The second-order valence-corrected chi connectivity index (χ2v) is 6.93. The Balaban J connectivity index is 2.77. The van der Waals surface area contributed by atoms with Gasteiger partial charge in [-0.3, -0.25) is 0 Å². The number of aliphatic hydroxyl groups excluding tert-OH is 1. The molecule has 0 aromatic rings.